The molecular weight excluding hydrogens is 449 g/mol. The minimum Gasteiger partial charge on any atom is -0.390 e. The van der Waals surface area contributed by atoms with E-state index in [1.807, 2.05) is 17.0 Å². The number of aliphatic hydroxyl groups is 1. The number of aliphatic hydroxyl groups excluding tert-OH is 1. The van der Waals surface area contributed by atoms with E-state index in [-0.39, 0.29) is 23.9 Å². The number of anilines is 1. The first-order valence-electron chi connectivity index (χ1n) is 10.9. The molecule has 1 N–H and O–H groups in total. The van der Waals surface area contributed by atoms with Crippen molar-refractivity contribution in [2.24, 2.45) is 0 Å². The summed E-state index contributed by atoms with van der Waals surface area (Å²) in [5.41, 5.74) is 1.42. The van der Waals surface area contributed by atoms with Gasteiger partial charge in [-0.25, -0.2) is 0 Å². The number of rotatable bonds is 4. The van der Waals surface area contributed by atoms with Crippen LogP contribution in [0.15, 0.2) is 48.5 Å². The second kappa shape index (κ2) is 9.79. The highest BCUT2D eigenvalue weighted by Crippen LogP contribution is 2.28. The number of halogens is 2. The summed E-state index contributed by atoms with van der Waals surface area (Å²) in [7, 11) is 0. The number of piperidine rings is 1. The van der Waals surface area contributed by atoms with Crippen LogP contribution in [0.1, 0.15) is 30.1 Å². The lowest BCUT2D eigenvalue weighted by atomic mass is 9.99. The summed E-state index contributed by atoms with van der Waals surface area (Å²) in [5.74, 6) is -0.0880. The average molecular weight is 476 g/mol. The average Bonchev–Trinajstić information content (AvgIpc) is 3.17. The topological polar surface area (TPSA) is 64.1 Å². The van der Waals surface area contributed by atoms with E-state index in [2.05, 4.69) is 4.90 Å². The summed E-state index contributed by atoms with van der Waals surface area (Å²) in [6.45, 7) is 3.90. The van der Waals surface area contributed by atoms with E-state index in [1.54, 1.807) is 48.2 Å². The Hall–Kier alpha value is -2.12. The fraction of sp³-hybridized carbons (Fsp3) is 0.417. The number of nitrogens with zero attached hydrogens (tertiary/aromatic N) is 3. The van der Waals surface area contributed by atoms with Gasteiger partial charge in [-0.2, -0.15) is 0 Å². The Bertz CT molecular complexity index is 959. The predicted octanol–water partition coefficient (Wildman–Crippen LogP) is 3.70. The highest BCUT2D eigenvalue weighted by atomic mass is 35.5. The monoisotopic (exact) mass is 475 g/mol. The first kappa shape index (κ1) is 23.1. The van der Waals surface area contributed by atoms with Crippen LogP contribution in [0, 0.1) is 0 Å². The Morgan fingerprint density at radius 2 is 1.50 bits per heavy atom. The third-order valence-electron chi connectivity index (χ3n) is 6.41. The van der Waals surface area contributed by atoms with Gasteiger partial charge >= 0.3 is 0 Å². The highest BCUT2D eigenvalue weighted by Gasteiger charge is 2.40. The van der Waals surface area contributed by atoms with Crippen molar-refractivity contribution >= 4 is 40.7 Å². The molecule has 2 heterocycles. The molecule has 2 aliphatic rings. The summed E-state index contributed by atoms with van der Waals surface area (Å²) in [4.78, 5) is 31.0. The number of carbonyl (C=O) groups is 2. The molecule has 2 atom stereocenters. The molecule has 2 fully saturated rings. The standard InChI is InChI=1S/C24H27Cl2N3O3/c1-16(30)29(20-8-6-19(26)7-9-20)21-10-12-27(13-11-21)22-14-28(15-23(22)31)24(32)17-2-4-18(25)5-3-17/h2-9,21-23,31H,10-15H2,1H3/t22-,23-/m0/s1. The van der Waals surface area contributed by atoms with Crippen molar-refractivity contribution in [2.75, 3.05) is 31.1 Å². The number of β-amino-alcohol motifs (C(OH)–C–C–N with tert-alkyl or cyclic N) is 1. The van der Waals surface area contributed by atoms with E-state index < -0.39 is 6.10 Å². The molecule has 8 heteroatoms. The highest BCUT2D eigenvalue weighted by molar-refractivity contribution is 6.31. The molecule has 2 aromatic carbocycles. The zero-order chi connectivity index (χ0) is 22.8. The third kappa shape index (κ3) is 4.94. The second-order valence-corrected chi connectivity index (χ2v) is 9.36. The SMILES string of the molecule is CC(=O)N(c1ccc(Cl)cc1)C1CCN([C@H]2CN(C(=O)c3ccc(Cl)cc3)C[C@@H]2O)CC1. The van der Waals surface area contributed by atoms with Gasteiger partial charge < -0.3 is 14.9 Å². The van der Waals surface area contributed by atoms with Gasteiger partial charge in [0.2, 0.25) is 5.91 Å². The van der Waals surface area contributed by atoms with Gasteiger partial charge in [-0.3, -0.25) is 14.5 Å². The van der Waals surface area contributed by atoms with Crippen LogP contribution in [-0.2, 0) is 4.79 Å². The third-order valence-corrected chi connectivity index (χ3v) is 6.92. The summed E-state index contributed by atoms with van der Waals surface area (Å²) in [6.07, 6.45) is 1.01. The van der Waals surface area contributed by atoms with Gasteiger partial charge in [0.1, 0.15) is 0 Å². The van der Waals surface area contributed by atoms with E-state index in [1.165, 1.54) is 0 Å². The maximum absolute atomic E-state index is 12.8. The molecule has 0 bridgehead atoms. The van der Waals surface area contributed by atoms with Crippen molar-refractivity contribution in [3.05, 3.63) is 64.1 Å². The number of carbonyl (C=O) groups excluding carboxylic acids is 2. The molecule has 0 saturated carbocycles. The van der Waals surface area contributed by atoms with Crippen LogP contribution in [0.25, 0.3) is 0 Å². The fourth-order valence-electron chi connectivity index (χ4n) is 4.80. The summed E-state index contributed by atoms with van der Waals surface area (Å²) in [5, 5.41) is 11.9. The Morgan fingerprint density at radius 1 is 0.938 bits per heavy atom. The zero-order valence-electron chi connectivity index (χ0n) is 18.0. The normalized spacial score (nSPS) is 22.2. The number of benzene rings is 2. The van der Waals surface area contributed by atoms with E-state index in [0.717, 1.165) is 31.6 Å². The van der Waals surface area contributed by atoms with E-state index >= 15 is 0 Å². The molecule has 0 aromatic heterocycles. The van der Waals surface area contributed by atoms with E-state index in [4.69, 9.17) is 23.2 Å². The van der Waals surface area contributed by atoms with Gasteiger partial charge in [0.05, 0.1) is 12.1 Å². The molecule has 6 nitrogen and oxygen atoms in total. The molecule has 0 spiro atoms. The van der Waals surface area contributed by atoms with Crippen molar-refractivity contribution in [3.63, 3.8) is 0 Å². The lowest BCUT2D eigenvalue weighted by Crippen LogP contribution is -2.52. The molecule has 0 aliphatic carbocycles. The Kier molecular flexibility index (Phi) is 7.05. The van der Waals surface area contributed by atoms with Crippen LogP contribution in [0.2, 0.25) is 10.0 Å². The molecule has 2 saturated heterocycles. The van der Waals surface area contributed by atoms with Crippen molar-refractivity contribution in [3.8, 4) is 0 Å². The van der Waals surface area contributed by atoms with Crippen LogP contribution in [0.3, 0.4) is 0 Å². The predicted molar refractivity (Wildman–Crippen MR) is 126 cm³/mol. The molecule has 2 aromatic rings. The van der Waals surface area contributed by atoms with Crippen molar-refractivity contribution < 1.29 is 14.7 Å². The van der Waals surface area contributed by atoms with Gasteiger partial charge in [0.25, 0.3) is 5.91 Å². The molecule has 2 amide bonds. The maximum atomic E-state index is 12.8. The molecule has 0 unspecified atom stereocenters. The van der Waals surface area contributed by atoms with Crippen LogP contribution < -0.4 is 4.90 Å². The zero-order valence-corrected chi connectivity index (χ0v) is 19.5. The van der Waals surface area contributed by atoms with Gasteiger partial charge in [0.15, 0.2) is 0 Å². The smallest absolute Gasteiger partial charge is 0.253 e. The lowest BCUT2D eigenvalue weighted by Gasteiger charge is -2.41. The van der Waals surface area contributed by atoms with Crippen molar-refractivity contribution in [1.82, 2.24) is 9.80 Å². The van der Waals surface area contributed by atoms with Crippen LogP contribution in [-0.4, -0.2) is 71.1 Å². The molecule has 2 aliphatic heterocycles. The van der Waals surface area contributed by atoms with Gasteiger partial charge in [-0.1, -0.05) is 23.2 Å². The second-order valence-electron chi connectivity index (χ2n) is 8.48. The first-order chi connectivity index (χ1) is 15.3. The number of hydrogen-bond donors (Lipinski definition) is 1. The summed E-state index contributed by atoms with van der Waals surface area (Å²) in [6, 6.07) is 14.1. The largest absolute Gasteiger partial charge is 0.390 e. The number of amides is 2. The van der Waals surface area contributed by atoms with Crippen LogP contribution >= 0.6 is 23.2 Å². The Morgan fingerprint density at radius 3 is 2.06 bits per heavy atom. The Labute approximate surface area is 198 Å². The molecule has 4 rings (SSSR count). The molecule has 0 radical (unpaired) electrons. The first-order valence-corrected chi connectivity index (χ1v) is 11.6. The summed E-state index contributed by atoms with van der Waals surface area (Å²) >= 11 is 11.9. The van der Waals surface area contributed by atoms with Crippen molar-refractivity contribution in [1.29, 1.82) is 0 Å². The lowest BCUT2D eigenvalue weighted by molar-refractivity contribution is -0.117. The van der Waals surface area contributed by atoms with Gasteiger partial charge in [-0.15, -0.1) is 0 Å². The van der Waals surface area contributed by atoms with E-state index in [9.17, 15) is 14.7 Å². The maximum Gasteiger partial charge on any atom is 0.253 e. The molecule has 32 heavy (non-hydrogen) atoms. The van der Waals surface area contributed by atoms with E-state index in [0.29, 0.717) is 28.7 Å². The quantitative estimate of drug-likeness (QED) is 0.731. The van der Waals surface area contributed by atoms with Gasteiger partial charge in [0, 0.05) is 60.4 Å². The molecule has 170 valence electrons. The summed E-state index contributed by atoms with van der Waals surface area (Å²) < 4.78 is 0. The minimum absolute atomic E-state index is 0.00594. The van der Waals surface area contributed by atoms with Crippen molar-refractivity contribution in [2.45, 2.75) is 38.0 Å². The fourth-order valence-corrected chi connectivity index (χ4v) is 5.05. The molecular formula is C24H27Cl2N3O3. The number of hydrogen-bond acceptors (Lipinski definition) is 4. The van der Waals surface area contributed by atoms with Crippen LogP contribution in [0.4, 0.5) is 5.69 Å². The number of likely N-dealkylation sites (tertiary alicyclic amines) is 2. The van der Waals surface area contributed by atoms with Gasteiger partial charge in [-0.05, 0) is 61.4 Å². The Balaban J connectivity index is 1.38. The van der Waals surface area contributed by atoms with Crippen LogP contribution in [0.5, 0.6) is 0 Å². The minimum atomic E-state index is -0.594.